The summed E-state index contributed by atoms with van der Waals surface area (Å²) in [6.45, 7) is 5.17. The molecular formula is C14H16Cl2FNO. The molecule has 1 aliphatic rings. The third-order valence-corrected chi connectivity index (χ3v) is 4.76. The van der Waals surface area contributed by atoms with Crippen molar-refractivity contribution in [1.29, 1.82) is 0 Å². The van der Waals surface area contributed by atoms with E-state index in [0.717, 1.165) is 6.42 Å². The van der Waals surface area contributed by atoms with Gasteiger partial charge in [-0.3, -0.25) is 4.79 Å². The van der Waals surface area contributed by atoms with Crippen molar-refractivity contribution in [1.82, 2.24) is 4.90 Å². The number of alkyl halides is 1. The molecule has 104 valence electrons. The van der Waals surface area contributed by atoms with Crippen molar-refractivity contribution in [3.05, 3.63) is 34.6 Å². The summed E-state index contributed by atoms with van der Waals surface area (Å²) in [7, 11) is 0. The Kier molecular flexibility index (Phi) is 4.07. The van der Waals surface area contributed by atoms with Crippen LogP contribution in [0.3, 0.4) is 0 Å². The molecule has 1 amide bonds. The number of rotatable bonds is 1. The van der Waals surface area contributed by atoms with E-state index >= 15 is 0 Å². The van der Waals surface area contributed by atoms with Gasteiger partial charge in [-0.05, 0) is 24.0 Å². The lowest BCUT2D eigenvalue weighted by atomic mass is 9.83. The highest BCUT2D eigenvalue weighted by Crippen LogP contribution is 2.34. The molecule has 0 spiro atoms. The van der Waals surface area contributed by atoms with Gasteiger partial charge in [0, 0.05) is 18.5 Å². The molecule has 2 rings (SSSR count). The van der Waals surface area contributed by atoms with E-state index in [0.29, 0.717) is 13.1 Å². The number of piperidine rings is 1. The second-order valence-corrected chi connectivity index (χ2v) is 6.48. The minimum Gasteiger partial charge on any atom is -0.338 e. The van der Waals surface area contributed by atoms with Crippen LogP contribution in [0.4, 0.5) is 4.39 Å². The Bertz CT molecular complexity index is 504. The average molecular weight is 304 g/mol. The molecule has 1 unspecified atom stereocenters. The fraction of sp³-hybridized carbons (Fsp3) is 0.500. The van der Waals surface area contributed by atoms with E-state index in [4.69, 9.17) is 23.2 Å². The standard InChI is InChI=1S/C14H16Cl2FNO/c1-14(2)8-18(7-6-11(14)15)13(19)9-4-3-5-10(17)12(9)16/h3-5,11H,6-8H2,1-2H3. The van der Waals surface area contributed by atoms with Crippen LogP contribution < -0.4 is 0 Å². The van der Waals surface area contributed by atoms with Crippen LogP contribution in [0.1, 0.15) is 30.6 Å². The fourth-order valence-electron chi connectivity index (χ4n) is 2.34. The van der Waals surface area contributed by atoms with Gasteiger partial charge in [0.25, 0.3) is 5.91 Å². The molecule has 0 N–H and O–H groups in total. The van der Waals surface area contributed by atoms with Crippen molar-refractivity contribution in [2.24, 2.45) is 5.41 Å². The highest BCUT2D eigenvalue weighted by molar-refractivity contribution is 6.34. The first-order valence-corrected chi connectivity index (χ1v) is 7.02. The van der Waals surface area contributed by atoms with E-state index in [1.54, 1.807) is 11.0 Å². The number of likely N-dealkylation sites (tertiary alicyclic amines) is 1. The van der Waals surface area contributed by atoms with Gasteiger partial charge in [-0.1, -0.05) is 31.5 Å². The summed E-state index contributed by atoms with van der Waals surface area (Å²) in [5.41, 5.74) is 0.0559. The van der Waals surface area contributed by atoms with Gasteiger partial charge in [0.1, 0.15) is 5.82 Å². The summed E-state index contributed by atoms with van der Waals surface area (Å²) in [5, 5.41) is -0.0714. The number of hydrogen-bond acceptors (Lipinski definition) is 1. The van der Waals surface area contributed by atoms with Crippen molar-refractivity contribution >= 4 is 29.1 Å². The predicted molar refractivity (Wildman–Crippen MR) is 75.4 cm³/mol. The Morgan fingerprint density at radius 3 is 2.79 bits per heavy atom. The Morgan fingerprint density at radius 1 is 1.47 bits per heavy atom. The minimum absolute atomic E-state index is 0.0412. The number of amides is 1. The van der Waals surface area contributed by atoms with Crippen LogP contribution in [0.15, 0.2) is 18.2 Å². The zero-order chi connectivity index (χ0) is 14.2. The van der Waals surface area contributed by atoms with Crippen LogP contribution >= 0.6 is 23.2 Å². The summed E-state index contributed by atoms with van der Waals surface area (Å²) in [6.07, 6.45) is 0.729. The van der Waals surface area contributed by atoms with E-state index in [2.05, 4.69) is 0 Å². The van der Waals surface area contributed by atoms with Gasteiger partial charge in [0.05, 0.1) is 10.6 Å². The SMILES string of the molecule is CC1(C)CN(C(=O)c2cccc(F)c2Cl)CCC1Cl. The second-order valence-electron chi connectivity index (χ2n) is 5.57. The average Bonchev–Trinajstić information content (AvgIpc) is 2.35. The van der Waals surface area contributed by atoms with Gasteiger partial charge in [0.2, 0.25) is 0 Å². The van der Waals surface area contributed by atoms with E-state index in [-0.39, 0.29) is 27.3 Å². The molecule has 1 atom stereocenters. The van der Waals surface area contributed by atoms with E-state index in [1.807, 2.05) is 13.8 Å². The lowest BCUT2D eigenvalue weighted by Gasteiger charge is -2.41. The molecule has 0 aliphatic carbocycles. The third kappa shape index (κ3) is 2.87. The van der Waals surface area contributed by atoms with Crippen molar-refractivity contribution in [2.45, 2.75) is 25.6 Å². The topological polar surface area (TPSA) is 20.3 Å². The molecule has 0 bridgehead atoms. The Hall–Kier alpha value is -0.800. The first kappa shape index (κ1) is 14.6. The van der Waals surface area contributed by atoms with Crippen LogP contribution in [0.25, 0.3) is 0 Å². The molecule has 1 fully saturated rings. The molecule has 1 saturated heterocycles. The summed E-state index contributed by atoms with van der Waals surface area (Å²) in [6, 6.07) is 4.29. The largest absolute Gasteiger partial charge is 0.338 e. The number of halogens is 3. The highest BCUT2D eigenvalue weighted by atomic mass is 35.5. The smallest absolute Gasteiger partial charge is 0.255 e. The van der Waals surface area contributed by atoms with Crippen LogP contribution in [-0.2, 0) is 0 Å². The monoisotopic (exact) mass is 303 g/mol. The van der Waals surface area contributed by atoms with Gasteiger partial charge in [-0.25, -0.2) is 4.39 Å². The molecule has 1 heterocycles. The molecule has 19 heavy (non-hydrogen) atoms. The maximum absolute atomic E-state index is 13.4. The molecule has 1 aliphatic heterocycles. The fourth-order valence-corrected chi connectivity index (χ4v) is 2.72. The molecule has 0 saturated carbocycles. The Labute approximate surface area is 122 Å². The molecule has 1 aromatic carbocycles. The molecule has 1 aromatic rings. The molecular weight excluding hydrogens is 288 g/mol. The van der Waals surface area contributed by atoms with E-state index in [9.17, 15) is 9.18 Å². The zero-order valence-corrected chi connectivity index (χ0v) is 12.4. The summed E-state index contributed by atoms with van der Waals surface area (Å²) < 4.78 is 13.4. The quantitative estimate of drug-likeness (QED) is 0.719. The second kappa shape index (κ2) is 5.29. The van der Waals surface area contributed by atoms with Gasteiger partial charge in [0.15, 0.2) is 0 Å². The number of carbonyl (C=O) groups is 1. The van der Waals surface area contributed by atoms with Gasteiger partial charge >= 0.3 is 0 Å². The van der Waals surface area contributed by atoms with Crippen LogP contribution in [0.5, 0.6) is 0 Å². The molecule has 2 nitrogen and oxygen atoms in total. The number of benzene rings is 1. The van der Waals surface area contributed by atoms with Crippen molar-refractivity contribution in [2.75, 3.05) is 13.1 Å². The van der Waals surface area contributed by atoms with Crippen LogP contribution in [-0.4, -0.2) is 29.3 Å². The zero-order valence-electron chi connectivity index (χ0n) is 10.9. The van der Waals surface area contributed by atoms with Gasteiger partial charge < -0.3 is 4.90 Å². The summed E-state index contributed by atoms with van der Waals surface area (Å²) >= 11 is 12.1. The number of carbonyl (C=O) groups excluding carboxylic acids is 1. The van der Waals surface area contributed by atoms with Crippen LogP contribution in [0, 0.1) is 11.2 Å². The summed E-state index contributed by atoms with van der Waals surface area (Å²) in [5.74, 6) is -0.805. The van der Waals surface area contributed by atoms with Gasteiger partial charge in [-0.2, -0.15) is 0 Å². The maximum Gasteiger partial charge on any atom is 0.255 e. The molecule has 5 heteroatoms. The maximum atomic E-state index is 13.4. The minimum atomic E-state index is -0.570. The van der Waals surface area contributed by atoms with Gasteiger partial charge in [-0.15, -0.1) is 11.6 Å². The lowest BCUT2D eigenvalue weighted by Crippen LogP contribution is -2.49. The number of nitrogens with zero attached hydrogens (tertiary/aromatic N) is 1. The van der Waals surface area contributed by atoms with Crippen molar-refractivity contribution < 1.29 is 9.18 Å². The predicted octanol–water partition coefficient (Wildman–Crippen LogP) is 3.96. The van der Waals surface area contributed by atoms with Crippen molar-refractivity contribution in [3.8, 4) is 0 Å². The van der Waals surface area contributed by atoms with Crippen LogP contribution in [0.2, 0.25) is 5.02 Å². The molecule has 0 radical (unpaired) electrons. The molecule has 0 aromatic heterocycles. The van der Waals surface area contributed by atoms with E-state index < -0.39 is 5.82 Å². The first-order chi connectivity index (χ1) is 8.83. The van der Waals surface area contributed by atoms with Crippen molar-refractivity contribution in [3.63, 3.8) is 0 Å². The summed E-state index contributed by atoms with van der Waals surface area (Å²) in [4.78, 5) is 14.1. The Balaban J connectivity index is 2.23. The Morgan fingerprint density at radius 2 is 2.16 bits per heavy atom. The number of hydrogen-bond donors (Lipinski definition) is 0. The third-order valence-electron chi connectivity index (χ3n) is 3.57. The normalized spacial score (nSPS) is 22.4. The lowest BCUT2D eigenvalue weighted by molar-refractivity contribution is 0.0593. The highest BCUT2D eigenvalue weighted by Gasteiger charge is 2.37. The van der Waals surface area contributed by atoms with E-state index in [1.165, 1.54) is 12.1 Å². The first-order valence-electron chi connectivity index (χ1n) is 6.20.